The third kappa shape index (κ3) is 2.59. The van der Waals surface area contributed by atoms with Crippen LogP contribution in [-0.2, 0) is 4.79 Å². The third-order valence-electron chi connectivity index (χ3n) is 3.38. The Bertz CT molecular complexity index is 603. The highest BCUT2D eigenvalue weighted by Crippen LogP contribution is 2.39. The first-order valence-corrected chi connectivity index (χ1v) is 6.53. The molecule has 4 nitrogen and oxygen atoms in total. The van der Waals surface area contributed by atoms with Crippen LogP contribution in [0.25, 0.3) is 0 Å². The largest absolute Gasteiger partial charge is 0.480 e. The lowest BCUT2D eigenvalue weighted by atomic mass is 10.2. The highest BCUT2D eigenvalue weighted by Gasteiger charge is 2.50. The first-order chi connectivity index (χ1) is 9.68. The van der Waals surface area contributed by atoms with Crippen LogP contribution in [0.4, 0.5) is 5.69 Å². The molecule has 0 bridgehead atoms. The van der Waals surface area contributed by atoms with Crippen molar-refractivity contribution in [2.24, 2.45) is 0 Å². The first-order valence-electron chi connectivity index (χ1n) is 6.53. The molecule has 0 amide bonds. The normalized spacial score (nSPS) is 15.4. The molecule has 20 heavy (non-hydrogen) atoms. The van der Waals surface area contributed by atoms with Gasteiger partial charge in [0.1, 0.15) is 17.0 Å². The van der Waals surface area contributed by atoms with E-state index in [2.05, 4.69) is 5.32 Å². The number of aliphatic carboxylic acids is 1. The van der Waals surface area contributed by atoms with Gasteiger partial charge in [0.25, 0.3) is 0 Å². The van der Waals surface area contributed by atoms with Crippen LogP contribution in [0.5, 0.6) is 11.5 Å². The Morgan fingerprint density at radius 3 is 2.15 bits per heavy atom. The van der Waals surface area contributed by atoms with E-state index in [4.69, 9.17) is 9.84 Å². The molecular weight excluding hydrogens is 254 g/mol. The van der Waals surface area contributed by atoms with Gasteiger partial charge in [-0.25, -0.2) is 4.79 Å². The van der Waals surface area contributed by atoms with Gasteiger partial charge in [-0.3, -0.25) is 0 Å². The van der Waals surface area contributed by atoms with Crippen molar-refractivity contribution in [3.8, 4) is 11.5 Å². The van der Waals surface area contributed by atoms with Gasteiger partial charge in [-0.05, 0) is 49.2 Å². The second-order valence-corrected chi connectivity index (χ2v) is 4.95. The van der Waals surface area contributed by atoms with Crippen LogP contribution in [0.1, 0.15) is 12.8 Å². The summed E-state index contributed by atoms with van der Waals surface area (Å²) in [6.07, 6.45) is 1.34. The molecule has 0 spiro atoms. The molecule has 0 aliphatic heterocycles. The number of hydrogen-bond acceptors (Lipinski definition) is 3. The Hall–Kier alpha value is -2.49. The fraction of sp³-hybridized carbons (Fsp3) is 0.188. The van der Waals surface area contributed by atoms with E-state index < -0.39 is 11.5 Å². The number of carboxylic acid groups (broad SMARTS) is 1. The molecular formula is C16H15NO3. The standard InChI is InChI=1S/C16H15NO3/c18-15(19)16(10-11-16)17-12-6-8-14(9-7-12)20-13-4-2-1-3-5-13/h1-9,17H,10-11H2,(H,18,19). The summed E-state index contributed by atoms with van der Waals surface area (Å²) in [7, 11) is 0. The van der Waals surface area contributed by atoms with Gasteiger partial charge in [0.2, 0.25) is 0 Å². The number of hydrogen-bond donors (Lipinski definition) is 2. The van der Waals surface area contributed by atoms with Gasteiger partial charge in [0, 0.05) is 5.69 Å². The van der Waals surface area contributed by atoms with Crippen LogP contribution >= 0.6 is 0 Å². The maximum absolute atomic E-state index is 11.1. The number of nitrogens with one attached hydrogen (secondary N) is 1. The van der Waals surface area contributed by atoms with Crippen molar-refractivity contribution in [3.05, 3.63) is 54.6 Å². The molecule has 0 unspecified atom stereocenters. The van der Waals surface area contributed by atoms with E-state index >= 15 is 0 Å². The molecule has 2 aromatic carbocycles. The zero-order valence-corrected chi connectivity index (χ0v) is 10.9. The number of carboxylic acids is 1. The molecule has 0 atom stereocenters. The van der Waals surface area contributed by atoms with Crippen LogP contribution in [0.3, 0.4) is 0 Å². The average molecular weight is 269 g/mol. The second-order valence-electron chi connectivity index (χ2n) is 4.95. The topological polar surface area (TPSA) is 58.6 Å². The highest BCUT2D eigenvalue weighted by atomic mass is 16.5. The van der Waals surface area contributed by atoms with E-state index in [1.54, 1.807) is 0 Å². The fourth-order valence-corrected chi connectivity index (χ4v) is 2.02. The zero-order chi connectivity index (χ0) is 14.0. The molecule has 1 saturated carbocycles. The monoisotopic (exact) mass is 269 g/mol. The molecule has 1 aliphatic carbocycles. The number of benzene rings is 2. The first kappa shape index (κ1) is 12.5. The van der Waals surface area contributed by atoms with Crippen molar-refractivity contribution in [1.82, 2.24) is 0 Å². The van der Waals surface area contributed by atoms with Gasteiger partial charge in [-0.2, -0.15) is 0 Å². The summed E-state index contributed by atoms with van der Waals surface area (Å²) in [5, 5.41) is 12.2. The SMILES string of the molecule is O=C(O)C1(Nc2ccc(Oc3ccccc3)cc2)CC1. The Labute approximate surface area is 117 Å². The molecule has 0 heterocycles. The Morgan fingerprint density at radius 2 is 1.60 bits per heavy atom. The van der Waals surface area contributed by atoms with Gasteiger partial charge < -0.3 is 15.2 Å². The molecule has 0 radical (unpaired) electrons. The lowest BCUT2D eigenvalue weighted by Gasteiger charge is -2.14. The van der Waals surface area contributed by atoms with Gasteiger partial charge in [-0.1, -0.05) is 18.2 Å². The molecule has 2 aromatic rings. The summed E-state index contributed by atoms with van der Waals surface area (Å²) in [5.74, 6) is 0.710. The number of rotatable bonds is 5. The summed E-state index contributed by atoms with van der Waals surface area (Å²) in [4.78, 5) is 11.1. The van der Waals surface area contributed by atoms with Crippen LogP contribution in [0.15, 0.2) is 54.6 Å². The van der Waals surface area contributed by atoms with Gasteiger partial charge in [0.15, 0.2) is 0 Å². The summed E-state index contributed by atoms with van der Waals surface area (Å²) >= 11 is 0. The predicted molar refractivity (Wildman–Crippen MR) is 76.2 cm³/mol. The van der Waals surface area contributed by atoms with E-state index in [1.165, 1.54) is 0 Å². The van der Waals surface area contributed by atoms with E-state index in [0.29, 0.717) is 12.8 Å². The maximum atomic E-state index is 11.1. The average Bonchev–Trinajstić information content (AvgIpc) is 3.23. The van der Waals surface area contributed by atoms with Gasteiger partial charge in [-0.15, -0.1) is 0 Å². The Kier molecular flexibility index (Phi) is 3.06. The minimum Gasteiger partial charge on any atom is -0.480 e. The molecule has 1 fully saturated rings. The van der Waals surface area contributed by atoms with Crippen molar-refractivity contribution in [1.29, 1.82) is 0 Å². The summed E-state index contributed by atoms with van der Waals surface area (Å²) < 4.78 is 5.68. The van der Waals surface area contributed by atoms with Crippen LogP contribution in [-0.4, -0.2) is 16.6 Å². The molecule has 4 heteroatoms. The summed E-state index contributed by atoms with van der Waals surface area (Å²) in [6.45, 7) is 0. The maximum Gasteiger partial charge on any atom is 0.329 e. The van der Waals surface area contributed by atoms with Crippen molar-refractivity contribution >= 4 is 11.7 Å². The number of para-hydroxylation sites is 1. The molecule has 3 rings (SSSR count). The van der Waals surface area contributed by atoms with Crippen LogP contribution < -0.4 is 10.1 Å². The Morgan fingerprint density at radius 1 is 1.00 bits per heavy atom. The van der Waals surface area contributed by atoms with Crippen molar-refractivity contribution in [2.75, 3.05) is 5.32 Å². The van der Waals surface area contributed by atoms with Crippen molar-refractivity contribution < 1.29 is 14.6 Å². The molecule has 0 saturated heterocycles. The van der Waals surface area contributed by atoms with E-state index in [9.17, 15) is 4.79 Å². The number of carbonyl (C=O) groups is 1. The van der Waals surface area contributed by atoms with Gasteiger partial charge in [0.05, 0.1) is 0 Å². The molecule has 1 aliphatic rings. The van der Waals surface area contributed by atoms with Crippen molar-refractivity contribution in [2.45, 2.75) is 18.4 Å². The minimum absolute atomic E-state index is 0.671. The van der Waals surface area contributed by atoms with E-state index in [0.717, 1.165) is 17.2 Å². The molecule has 0 aromatic heterocycles. The quantitative estimate of drug-likeness (QED) is 0.872. The van der Waals surface area contributed by atoms with Crippen LogP contribution in [0, 0.1) is 0 Å². The van der Waals surface area contributed by atoms with E-state index in [1.807, 2.05) is 54.6 Å². The lowest BCUT2D eigenvalue weighted by Crippen LogP contribution is -2.31. The van der Waals surface area contributed by atoms with Crippen molar-refractivity contribution in [3.63, 3.8) is 0 Å². The summed E-state index contributed by atoms with van der Waals surface area (Å²) in [6, 6.07) is 16.8. The predicted octanol–water partition coefficient (Wildman–Crippen LogP) is 3.51. The zero-order valence-electron chi connectivity index (χ0n) is 10.9. The van der Waals surface area contributed by atoms with E-state index in [-0.39, 0.29) is 0 Å². The molecule has 2 N–H and O–H groups in total. The highest BCUT2D eigenvalue weighted by molar-refractivity contribution is 5.86. The minimum atomic E-state index is -0.790. The van der Waals surface area contributed by atoms with Gasteiger partial charge >= 0.3 is 5.97 Å². The lowest BCUT2D eigenvalue weighted by molar-refractivity contribution is -0.138. The fourth-order valence-electron chi connectivity index (χ4n) is 2.02. The van der Waals surface area contributed by atoms with Crippen LogP contribution in [0.2, 0.25) is 0 Å². The third-order valence-corrected chi connectivity index (χ3v) is 3.38. The smallest absolute Gasteiger partial charge is 0.329 e. The summed E-state index contributed by atoms with van der Waals surface area (Å²) in [5.41, 5.74) is 0.0345. The number of ether oxygens (including phenoxy) is 1. The Balaban J connectivity index is 1.67. The number of anilines is 1. The second kappa shape index (κ2) is 4.89. The molecule has 102 valence electrons.